The Kier molecular flexibility index (Phi) is 6.32. The molecule has 0 aliphatic carbocycles. The molecule has 0 radical (unpaired) electrons. The summed E-state index contributed by atoms with van der Waals surface area (Å²) >= 11 is 1.47. The van der Waals surface area contributed by atoms with Crippen LogP contribution in [0.5, 0.6) is 5.75 Å². The SMILES string of the molecule is CCCCCn1c(=O)c2ccccc2n2c(SCCOc3ccccc3F)nnc12. The van der Waals surface area contributed by atoms with E-state index in [1.54, 1.807) is 22.8 Å². The van der Waals surface area contributed by atoms with Gasteiger partial charge in [0.05, 0.1) is 17.5 Å². The second kappa shape index (κ2) is 9.30. The van der Waals surface area contributed by atoms with Gasteiger partial charge in [-0.25, -0.2) is 4.39 Å². The second-order valence-electron chi connectivity index (χ2n) is 6.93. The van der Waals surface area contributed by atoms with Crippen molar-refractivity contribution in [1.29, 1.82) is 0 Å². The molecule has 0 aliphatic heterocycles. The number of benzene rings is 2. The maximum atomic E-state index is 13.7. The molecule has 0 amide bonds. The monoisotopic (exact) mass is 426 g/mol. The highest BCUT2D eigenvalue weighted by molar-refractivity contribution is 7.99. The molecule has 2 aromatic carbocycles. The van der Waals surface area contributed by atoms with E-state index in [2.05, 4.69) is 17.1 Å². The van der Waals surface area contributed by atoms with Crippen molar-refractivity contribution in [3.63, 3.8) is 0 Å². The number of hydrogen-bond donors (Lipinski definition) is 0. The lowest BCUT2D eigenvalue weighted by molar-refractivity contribution is 0.325. The average Bonchev–Trinajstić information content (AvgIpc) is 3.19. The quantitative estimate of drug-likeness (QED) is 0.290. The van der Waals surface area contributed by atoms with Gasteiger partial charge in [0, 0.05) is 12.3 Å². The van der Waals surface area contributed by atoms with Gasteiger partial charge in [-0.05, 0) is 30.7 Å². The molecule has 0 saturated carbocycles. The minimum atomic E-state index is -0.377. The summed E-state index contributed by atoms with van der Waals surface area (Å²) in [7, 11) is 0. The van der Waals surface area contributed by atoms with Crippen LogP contribution >= 0.6 is 11.8 Å². The summed E-state index contributed by atoms with van der Waals surface area (Å²) in [6.45, 7) is 3.07. The van der Waals surface area contributed by atoms with Crippen LogP contribution in [0.4, 0.5) is 4.39 Å². The van der Waals surface area contributed by atoms with Crippen LogP contribution in [0.25, 0.3) is 16.7 Å². The fourth-order valence-electron chi connectivity index (χ4n) is 3.39. The van der Waals surface area contributed by atoms with Crippen molar-refractivity contribution < 1.29 is 9.13 Å². The topological polar surface area (TPSA) is 61.4 Å². The van der Waals surface area contributed by atoms with Gasteiger partial charge in [0.15, 0.2) is 16.7 Å². The molecule has 0 atom stereocenters. The van der Waals surface area contributed by atoms with Crippen molar-refractivity contribution in [2.75, 3.05) is 12.4 Å². The number of para-hydroxylation sites is 2. The molecule has 2 aromatic heterocycles. The molecule has 0 saturated heterocycles. The molecular formula is C22H23FN4O2S. The van der Waals surface area contributed by atoms with Crippen molar-refractivity contribution in [2.24, 2.45) is 0 Å². The van der Waals surface area contributed by atoms with Crippen molar-refractivity contribution in [2.45, 2.75) is 37.9 Å². The molecule has 6 nitrogen and oxygen atoms in total. The van der Waals surface area contributed by atoms with E-state index in [9.17, 15) is 9.18 Å². The van der Waals surface area contributed by atoms with Crippen molar-refractivity contribution in [3.05, 3.63) is 64.7 Å². The first-order valence-electron chi connectivity index (χ1n) is 10.1. The predicted octanol–water partition coefficient (Wildman–Crippen LogP) is 4.54. The largest absolute Gasteiger partial charge is 0.490 e. The number of halogens is 1. The highest BCUT2D eigenvalue weighted by atomic mass is 32.2. The van der Waals surface area contributed by atoms with Crippen molar-refractivity contribution in [3.8, 4) is 5.75 Å². The summed E-state index contributed by atoms with van der Waals surface area (Å²) < 4.78 is 22.9. The maximum absolute atomic E-state index is 13.7. The van der Waals surface area contributed by atoms with Crippen LogP contribution in [0.2, 0.25) is 0 Å². The van der Waals surface area contributed by atoms with Gasteiger partial charge in [-0.2, -0.15) is 0 Å². The summed E-state index contributed by atoms with van der Waals surface area (Å²) in [6.07, 6.45) is 3.04. The van der Waals surface area contributed by atoms with E-state index in [1.807, 2.05) is 28.7 Å². The molecule has 30 heavy (non-hydrogen) atoms. The Morgan fingerprint density at radius 1 is 1.07 bits per heavy atom. The number of hydrogen-bond acceptors (Lipinski definition) is 5. The Bertz CT molecular complexity index is 1220. The van der Waals surface area contributed by atoms with E-state index in [0.717, 1.165) is 24.8 Å². The number of aromatic nitrogens is 4. The molecule has 4 aromatic rings. The molecule has 0 unspecified atom stereocenters. The number of ether oxygens (including phenoxy) is 1. The van der Waals surface area contributed by atoms with E-state index in [1.165, 1.54) is 17.8 Å². The lowest BCUT2D eigenvalue weighted by Gasteiger charge is -2.11. The molecule has 0 spiro atoms. The predicted molar refractivity (Wildman–Crippen MR) is 117 cm³/mol. The van der Waals surface area contributed by atoms with Gasteiger partial charge < -0.3 is 4.74 Å². The van der Waals surface area contributed by atoms with E-state index < -0.39 is 0 Å². The van der Waals surface area contributed by atoms with Gasteiger partial charge in [-0.3, -0.25) is 13.8 Å². The third-order valence-corrected chi connectivity index (χ3v) is 5.77. The Balaban J connectivity index is 1.61. The highest BCUT2D eigenvalue weighted by Gasteiger charge is 2.16. The lowest BCUT2D eigenvalue weighted by Crippen LogP contribution is -2.23. The molecule has 0 bridgehead atoms. The fourth-order valence-corrected chi connectivity index (χ4v) is 4.15. The number of rotatable bonds is 9. The summed E-state index contributed by atoms with van der Waals surface area (Å²) in [4.78, 5) is 13.0. The number of aryl methyl sites for hydroxylation is 1. The number of unbranched alkanes of at least 4 members (excludes halogenated alkanes) is 2. The van der Waals surface area contributed by atoms with E-state index in [4.69, 9.17) is 4.74 Å². The number of fused-ring (bicyclic) bond motifs is 3. The van der Waals surface area contributed by atoms with E-state index >= 15 is 0 Å². The van der Waals surface area contributed by atoms with E-state index in [-0.39, 0.29) is 17.1 Å². The normalized spacial score (nSPS) is 11.4. The van der Waals surface area contributed by atoms with Crippen molar-refractivity contribution >= 4 is 28.4 Å². The highest BCUT2D eigenvalue weighted by Crippen LogP contribution is 2.22. The van der Waals surface area contributed by atoms with Gasteiger partial charge in [0.1, 0.15) is 0 Å². The van der Waals surface area contributed by atoms with Crippen LogP contribution in [0.3, 0.4) is 0 Å². The van der Waals surface area contributed by atoms with Gasteiger partial charge in [-0.15, -0.1) is 10.2 Å². The summed E-state index contributed by atoms with van der Waals surface area (Å²) in [5.74, 6) is 0.975. The zero-order valence-electron chi connectivity index (χ0n) is 16.8. The van der Waals surface area contributed by atoms with Gasteiger partial charge in [-0.1, -0.05) is 55.8 Å². The van der Waals surface area contributed by atoms with Crippen LogP contribution in [-0.4, -0.2) is 31.5 Å². The first kappa shape index (κ1) is 20.4. The lowest BCUT2D eigenvalue weighted by atomic mass is 10.2. The number of thioether (sulfide) groups is 1. The van der Waals surface area contributed by atoms with Crippen LogP contribution < -0.4 is 10.3 Å². The fraction of sp³-hybridized carbons (Fsp3) is 0.318. The molecule has 4 rings (SSSR count). The third kappa shape index (κ3) is 4.05. The summed E-state index contributed by atoms with van der Waals surface area (Å²) in [6, 6.07) is 13.9. The molecule has 156 valence electrons. The molecule has 0 aliphatic rings. The zero-order chi connectivity index (χ0) is 20.9. The third-order valence-electron chi connectivity index (χ3n) is 4.87. The Morgan fingerprint density at radius 3 is 2.70 bits per heavy atom. The van der Waals surface area contributed by atoms with Crippen LogP contribution in [0, 0.1) is 5.82 Å². The molecule has 0 fully saturated rings. The zero-order valence-corrected chi connectivity index (χ0v) is 17.6. The van der Waals surface area contributed by atoms with Gasteiger partial charge >= 0.3 is 0 Å². The first-order chi connectivity index (χ1) is 14.7. The first-order valence-corrected chi connectivity index (χ1v) is 11.1. The van der Waals surface area contributed by atoms with Gasteiger partial charge in [0.25, 0.3) is 5.56 Å². The molecule has 8 heteroatoms. The second-order valence-corrected chi connectivity index (χ2v) is 7.99. The molecular weight excluding hydrogens is 403 g/mol. The minimum Gasteiger partial charge on any atom is -0.490 e. The van der Waals surface area contributed by atoms with E-state index in [0.29, 0.717) is 35.2 Å². The summed E-state index contributed by atoms with van der Waals surface area (Å²) in [5, 5.41) is 9.96. The Hall–Kier alpha value is -2.87. The van der Waals surface area contributed by atoms with Gasteiger partial charge in [0.2, 0.25) is 5.78 Å². The van der Waals surface area contributed by atoms with Crippen LogP contribution in [-0.2, 0) is 6.54 Å². The Morgan fingerprint density at radius 2 is 1.87 bits per heavy atom. The maximum Gasteiger partial charge on any atom is 0.262 e. The summed E-state index contributed by atoms with van der Waals surface area (Å²) in [5.41, 5.74) is 0.743. The minimum absolute atomic E-state index is 0.0407. The Labute approximate surface area is 177 Å². The molecule has 2 heterocycles. The van der Waals surface area contributed by atoms with Crippen molar-refractivity contribution in [1.82, 2.24) is 19.2 Å². The smallest absolute Gasteiger partial charge is 0.262 e. The molecule has 0 N–H and O–H groups in total. The van der Waals surface area contributed by atoms with Crippen LogP contribution in [0.15, 0.2) is 58.5 Å². The number of nitrogens with zero attached hydrogens (tertiary/aromatic N) is 4. The average molecular weight is 427 g/mol. The standard InChI is InChI=1S/C22H23FN4O2S/c1-2-3-8-13-26-20(28)16-9-4-6-11-18(16)27-21(26)24-25-22(27)30-15-14-29-19-12-7-5-10-17(19)23/h4-7,9-12H,2-3,8,13-15H2,1H3. The van der Waals surface area contributed by atoms with Crippen LogP contribution in [0.1, 0.15) is 26.2 Å².